The van der Waals surface area contributed by atoms with Crippen LogP contribution in [0, 0.1) is 5.92 Å². The highest BCUT2D eigenvalue weighted by atomic mass is 16.3. The number of hydrogen-bond acceptors (Lipinski definition) is 3. The van der Waals surface area contributed by atoms with Crippen LogP contribution < -0.4 is 0 Å². The predicted octanol–water partition coefficient (Wildman–Crippen LogP) is -0.774. The molecule has 3 aliphatic rings. The van der Waals surface area contributed by atoms with Gasteiger partial charge in [-0.25, -0.2) is 0 Å². The van der Waals surface area contributed by atoms with E-state index in [1.54, 1.807) is 0 Å². The Bertz CT molecular complexity index is 118. The van der Waals surface area contributed by atoms with Crippen LogP contribution in [0.15, 0.2) is 0 Å². The Hall–Kier alpha value is -0.120. The molecule has 3 saturated heterocycles. The van der Waals surface area contributed by atoms with Crippen molar-refractivity contribution in [3.63, 3.8) is 0 Å². The molecule has 3 rings (SSSR count). The molecular formula is C8H16N2O. The number of nitrogens with zero attached hydrogens (tertiary/aromatic N) is 2. The maximum atomic E-state index is 9.03. The van der Waals surface area contributed by atoms with E-state index in [-0.39, 0.29) is 0 Å². The van der Waals surface area contributed by atoms with Crippen LogP contribution in [0.4, 0.5) is 0 Å². The molecule has 0 saturated carbocycles. The number of hydrogen-bond donors (Lipinski definition) is 1. The number of aliphatic hydroxyl groups excluding tert-OH is 1. The summed E-state index contributed by atoms with van der Waals surface area (Å²) in [4.78, 5) is 4.93. The maximum absolute atomic E-state index is 9.03. The van der Waals surface area contributed by atoms with Crippen molar-refractivity contribution < 1.29 is 5.11 Å². The molecule has 0 aliphatic carbocycles. The van der Waals surface area contributed by atoms with E-state index in [1.165, 1.54) is 26.2 Å². The zero-order chi connectivity index (χ0) is 7.68. The van der Waals surface area contributed by atoms with E-state index in [9.17, 15) is 0 Å². The molecule has 3 fully saturated rings. The average molecular weight is 156 g/mol. The van der Waals surface area contributed by atoms with Gasteiger partial charge in [-0.1, -0.05) is 0 Å². The van der Waals surface area contributed by atoms with E-state index in [0.717, 1.165) is 13.1 Å². The molecule has 3 nitrogen and oxygen atoms in total. The minimum Gasteiger partial charge on any atom is -0.396 e. The molecule has 1 N–H and O–H groups in total. The standard InChI is InChI=1S/C8H16N2O/c11-7-8-5-9-1-2-10(6-8)4-3-9/h8,11H,1-7H2. The predicted molar refractivity (Wildman–Crippen MR) is 43.5 cm³/mol. The second-order valence-electron chi connectivity index (χ2n) is 3.65. The van der Waals surface area contributed by atoms with E-state index in [1.807, 2.05) is 0 Å². The molecule has 0 aromatic carbocycles. The van der Waals surface area contributed by atoms with Gasteiger partial charge in [0.25, 0.3) is 0 Å². The van der Waals surface area contributed by atoms with Crippen LogP contribution in [0.5, 0.6) is 0 Å². The summed E-state index contributed by atoms with van der Waals surface area (Å²) >= 11 is 0. The number of aliphatic hydroxyl groups is 1. The SMILES string of the molecule is OCC1CN2CCN(CC2)C1. The summed E-state index contributed by atoms with van der Waals surface area (Å²) in [5.41, 5.74) is 0. The van der Waals surface area contributed by atoms with Gasteiger partial charge in [-0.15, -0.1) is 0 Å². The molecule has 0 atom stereocenters. The van der Waals surface area contributed by atoms with Crippen molar-refractivity contribution in [1.29, 1.82) is 0 Å². The molecule has 3 heteroatoms. The third-order valence-corrected chi connectivity index (χ3v) is 2.76. The van der Waals surface area contributed by atoms with Gasteiger partial charge < -0.3 is 14.9 Å². The molecule has 0 spiro atoms. The van der Waals surface area contributed by atoms with Crippen molar-refractivity contribution in [3.8, 4) is 0 Å². The van der Waals surface area contributed by atoms with Gasteiger partial charge >= 0.3 is 0 Å². The molecule has 3 aliphatic heterocycles. The van der Waals surface area contributed by atoms with Crippen LogP contribution in [0.2, 0.25) is 0 Å². The summed E-state index contributed by atoms with van der Waals surface area (Å²) in [6, 6.07) is 0. The molecule has 11 heavy (non-hydrogen) atoms. The second-order valence-corrected chi connectivity index (χ2v) is 3.65. The second kappa shape index (κ2) is 3.09. The summed E-state index contributed by atoms with van der Waals surface area (Å²) in [5, 5.41) is 9.03. The van der Waals surface area contributed by atoms with Gasteiger partial charge in [-0.3, -0.25) is 0 Å². The van der Waals surface area contributed by atoms with Crippen molar-refractivity contribution in [2.45, 2.75) is 0 Å². The highest BCUT2D eigenvalue weighted by molar-refractivity contribution is 4.81. The van der Waals surface area contributed by atoms with Crippen LogP contribution >= 0.6 is 0 Å². The minimum absolute atomic E-state index is 0.354. The van der Waals surface area contributed by atoms with Crippen LogP contribution in [0.3, 0.4) is 0 Å². The first-order valence-electron chi connectivity index (χ1n) is 4.44. The lowest BCUT2D eigenvalue weighted by atomic mass is 10.1. The number of fused-ring (bicyclic) bond motifs is 4. The average Bonchev–Trinajstić information content (AvgIpc) is 2.35. The Morgan fingerprint density at radius 1 is 1.00 bits per heavy atom. The van der Waals surface area contributed by atoms with Gasteiger partial charge in [0.2, 0.25) is 0 Å². The van der Waals surface area contributed by atoms with Crippen LogP contribution in [0.25, 0.3) is 0 Å². The van der Waals surface area contributed by atoms with Crippen molar-refractivity contribution in [3.05, 3.63) is 0 Å². The summed E-state index contributed by atoms with van der Waals surface area (Å²) < 4.78 is 0. The topological polar surface area (TPSA) is 26.7 Å². The summed E-state index contributed by atoms with van der Waals surface area (Å²) in [7, 11) is 0. The number of rotatable bonds is 1. The van der Waals surface area contributed by atoms with Crippen molar-refractivity contribution >= 4 is 0 Å². The zero-order valence-electron chi connectivity index (χ0n) is 6.87. The first-order chi connectivity index (χ1) is 5.38. The van der Waals surface area contributed by atoms with Gasteiger partial charge in [-0.05, 0) is 0 Å². The fourth-order valence-corrected chi connectivity index (χ4v) is 2.06. The highest BCUT2D eigenvalue weighted by Crippen LogP contribution is 2.13. The van der Waals surface area contributed by atoms with Crippen molar-refractivity contribution in [2.75, 3.05) is 45.9 Å². The monoisotopic (exact) mass is 156 g/mol. The third-order valence-electron chi connectivity index (χ3n) is 2.76. The highest BCUT2D eigenvalue weighted by Gasteiger charge is 2.26. The first-order valence-corrected chi connectivity index (χ1v) is 4.44. The molecule has 2 bridgehead atoms. The Labute approximate surface area is 67.6 Å². The van der Waals surface area contributed by atoms with E-state index < -0.39 is 0 Å². The number of piperazine rings is 1. The maximum Gasteiger partial charge on any atom is 0.0483 e. The van der Waals surface area contributed by atoms with E-state index in [4.69, 9.17) is 5.11 Å². The van der Waals surface area contributed by atoms with Gasteiger partial charge in [0.1, 0.15) is 0 Å². The van der Waals surface area contributed by atoms with Gasteiger partial charge in [0.05, 0.1) is 0 Å². The first kappa shape index (κ1) is 7.53. The lowest BCUT2D eigenvalue weighted by Crippen LogP contribution is -2.42. The van der Waals surface area contributed by atoms with Crippen molar-refractivity contribution in [1.82, 2.24) is 9.80 Å². The fourth-order valence-electron chi connectivity index (χ4n) is 2.06. The quantitative estimate of drug-likeness (QED) is 0.540. The Morgan fingerprint density at radius 2 is 1.45 bits per heavy atom. The summed E-state index contributed by atoms with van der Waals surface area (Å²) in [6.07, 6.45) is 0. The Balaban J connectivity index is 2.00. The van der Waals surface area contributed by atoms with E-state index in [0.29, 0.717) is 12.5 Å². The molecule has 0 radical (unpaired) electrons. The zero-order valence-corrected chi connectivity index (χ0v) is 6.87. The van der Waals surface area contributed by atoms with Crippen molar-refractivity contribution in [2.24, 2.45) is 5.92 Å². The Kier molecular flexibility index (Phi) is 2.11. The van der Waals surface area contributed by atoms with Gasteiger partial charge in [-0.2, -0.15) is 0 Å². The van der Waals surface area contributed by atoms with Crippen LogP contribution in [0.1, 0.15) is 0 Å². The Morgan fingerprint density at radius 3 is 1.82 bits per heavy atom. The normalized spacial score (nSPS) is 43.9. The van der Waals surface area contributed by atoms with Crippen LogP contribution in [-0.4, -0.2) is 60.8 Å². The molecular weight excluding hydrogens is 140 g/mol. The van der Waals surface area contributed by atoms with Gasteiger partial charge in [0, 0.05) is 51.8 Å². The molecule has 0 amide bonds. The molecule has 0 unspecified atom stereocenters. The van der Waals surface area contributed by atoms with Gasteiger partial charge in [0.15, 0.2) is 0 Å². The summed E-state index contributed by atoms with van der Waals surface area (Å²) in [5.74, 6) is 0.500. The minimum atomic E-state index is 0.354. The van der Waals surface area contributed by atoms with E-state index in [2.05, 4.69) is 9.80 Å². The molecule has 64 valence electrons. The summed E-state index contributed by atoms with van der Waals surface area (Å²) in [6.45, 7) is 7.38. The fraction of sp³-hybridized carbons (Fsp3) is 1.00. The third kappa shape index (κ3) is 1.55. The molecule has 0 aromatic heterocycles. The van der Waals surface area contributed by atoms with Crippen LogP contribution in [-0.2, 0) is 0 Å². The lowest BCUT2D eigenvalue weighted by Gasteiger charge is -2.28. The van der Waals surface area contributed by atoms with E-state index >= 15 is 0 Å². The molecule has 3 heterocycles. The largest absolute Gasteiger partial charge is 0.396 e. The molecule has 0 aromatic rings. The lowest BCUT2D eigenvalue weighted by molar-refractivity contribution is 0.181. The smallest absolute Gasteiger partial charge is 0.0483 e.